The first-order valence-electron chi connectivity index (χ1n) is 5.32. The van der Waals surface area contributed by atoms with Crippen LogP contribution in [0.25, 0.3) is 10.8 Å². The molecular formula is C12H12F3N3. The number of nitrogens with one attached hydrogen (secondary N) is 1. The van der Waals surface area contributed by atoms with Crippen LogP contribution in [0.2, 0.25) is 0 Å². The average molecular weight is 255 g/mol. The lowest BCUT2D eigenvalue weighted by molar-refractivity contribution is -0.115. The number of halogens is 3. The summed E-state index contributed by atoms with van der Waals surface area (Å²) in [7, 11) is 0. The molecule has 0 bridgehead atoms. The SMILES string of the molecule is Cc1cc2c(NCC(F)(F)F)ccc(N)c2cn1. The molecule has 2 rings (SSSR count). The fourth-order valence-corrected chi connectivity index (χ4v) is 1.71. The van der Waals surface area contributed by atoms with Gasteiger partial charge in [0.1, 0.15) is 6.54 Å². The number of aryl methyl sites for hydroxylation is 1. The Balaban J connectivity index is 2.44. The zero-order valence-corrected chi connectivity index (χ0v) is 9.67. The second kappa shape index (κ2) is 4.36. The summed E-state index contributed by atoms with van der Waals surface area (Å²) in [5, 5.41) is 3.66. The summed E-state index contributed by atoms with van der Waals surface area (Å²) in [5.74, 6) is 0. The van der Waals surface area contributed by atoms with Gasteiger partial charge in [-0.05, 0) is 25.1 Å². The van der Waals surface area contributed by atoms with E-state index in [1.165, 1.54) is 0 Å². The molecule has 0 amide bonds. The summed E-state index contributed by atoms with van der Waals surface area (Å²) in [6.07, 6.45) is -2.69. The Bertz CT molecular complexity index is 579. The van der Waals surface area contributed by atoms with E-state index in [-0.39, 0.29) is 0 Å². The number of alkyl halides is 3. The fraction of sp³-hybridized carbons (Fsp3) is 0.250. The number of hydrogen-bond donors (Lipinski definition) is 2. The molecule has 0 aliphatic heterocycles. The van der Waals surface area contributed by atoms with E-state index in [4.69, 9.17) is 5.73 Å². The van der Waals surface area contributed by atoms with Crippen molar-refractivity contribution in [2.75, 3.05) is 17.6 Å². The molecule has 1 aromatic heterocycles. The van der Waals surface area contributed by atoms with Crippen molar-refractivity contribution in [3.63, 3.8) is 0 Å². The zero-order valence-electron chi connectivity index (χ0n) is 9.67. The van der Waals surface area contributed by atoms with E-state index in [9.17, 15) is 13.2 Å². The van der Waals surface area contributed by atoms with Crippen molar-refractivity contribution in [2.45, 2.75) is 13.1 Å². The molecule has 0 fully saturated rings. The van der Waals surface area contributed by atoms with Gasteiger partial charge in [0, 0.05) is 34.0 Å². The van der Waals surface area contributed by atoms with Crippen molar-refractivity contribution >= 4 is 22.1 Å². The minimum Gasteiger partial charge on any atom is -0.398 e. The Kier molecular flexibility index (Phi) is 3.02. The molecule has 1 heterocycles. The molecule has 0 atom stereocenters. The van der Waals surface area contributed by atoms with Crippen LogP contribution in [-0.2, 0) is 0 Å². The quantitative estimate of drug-likeness (QED) is 0.811. The van der Waals surface area contributed by atoms with Gasteiger partial charge in [-0.3, -0.25) is 4.98 Å². The van der Waals surface area contributed by atoms with Gasteiger partial charge in [-0.15, -0.1) is 0 Å². The molecule has 3 N–H and O–H groups in total. The van der Waals surface area contributed by atoms with Crippen LogP contribution in [0.4, 0.5) is 24.5 Å². The predicted octanol–water partition coefficient (Wildman–Crippen LogP) is 3.10. The Morgan fingerprint density at radius 3 is 2.67 bits per heavy atom. The molecule has 0 spiro atoms. The fourth-order valence-electron chi connectivity index (χ4n) is 1.71. The lowest BCUT2D eigenvalue weighted by Gasteiger charge is -2.13. The first-order valence-corrected chi connectivity index (χ1v) is 5.32. The Labute approximate surface area is 102 Å². The van der Waals surface area contributed by atoms with Crippen molar-refractivity contribution in [3.05, 3.63) is 30.1 Å². The number of nitrogens with two attached hydrogens (primary N) is 1. The van der Waals surface area contributed by atoms with E-state index < -0.39 is 12.7 Å². The second-order valence-electron chi connectivity index (χ2n) is 4.04. The molecule has 6 heteroatoms. The van der Waals surface area contributed by atoms with E-state index >= 15 is 0 Å². The van der Waals surface area contributed by atoms with E-state index in [2.05, 4.69) is 10.3 Å². The molecular weight excluding hydrogens is 243 g/mol. The monoisotopic (exact) mass is 255 g/mol. The number of nitrogens with zero attached hydrogens (tertiary/aromatic N) is 1. The Hall–Kier alpha value is -1.98. The van der Waals surface area contributed by atoms with Crippen LogP contribution < -0.4 is 11.1 Å². The molecule has 0 saturated heterocycles. The standard InChI is InChI=1S/C12H12F3N3/c1-7-4-8-9(5-17-7)10(16)2-3-11(8)18-6-12(13,14)15/h2-5,18H,6,16H2,1H3. The number of nitrogen functional groups attached to an aromatic ring is 1. The molecule has 3 nitrogen and oxygen atoms in total. The van der Waals surface area contributed by atoms with Crippen LogP contribution in [0.5, 0.6) is 0 Å². The highest BCUT2D eigenvalue weighted by Crippen LogP contribution is 2.29. The van der Waals surface area contributed by atoms with Crippen LogP contribution in [0.15, 0.2) is 24.4 Å². The predicted molar refractivity (Wildman–Crippen MR) is 65.4 cm³/mol. The third-order valence-corrected chi connectivity index (χ3v) is 2.55. The van der Waals surface area contributed by atoms with E-state index in [1.54, 1.807) is 31.3 Å². The second-order valence-corrected chi connectivity index (χ2v) is 4.04. The van der Waals surface area contributed by atoms with Crippen molar-refractivity contribution in [1.29, 1.82) is 0 Å². The third-order valence-electron chi connectivity index (χ3n) is 2.55. The normalized spacial score (nSPS) is 11.8. The van der Waals surface area contributed by atoms with E-state index in [0.29, 0.717) is 22.1 Å². The van der Waals surface area contributed by atoms with Crippen LogP contribution in [-0.4, -0.2) is 17.7 Å². The molecule has 2 aromatic rings. The molecule has 0 aliphatic carbocycles. The first kappa shape index (κ1) is 12.5. The highest BCUT2D eigenvalue weighted by Gasteiger charge is 2.26. The number of hydrogen-bond acceptors (Lipinski definition) is 3. The van der Waals surface area contributed by atoms with Crippen molar-refractivity contribution in [3.8, 4) is 0 Å². The maximum atomic E-state index is 12.2. The van der Waals surface area contributed by atoms with Gasteiger partial charge in [0.2, 0.25) is 0 Å². The smallest absolute Gasteiger partial charge is 0.398 e. The van der Waals surface area contributed by atoms with Gasteiger partial charge in [0.25, 0.3) is 0 Å². The highest BCUT2D eigenvalue weighted by atomic mass is 19.4. The molecule has 0 aliphatic rings. The zero-order chi connectivity index (χ0) is 13.3. The maximum absolute atomic E-state index is 12.2. The molecule has 96 valence electrons. The summed E-state index contributed by atoms with van der Waals surface area (Å²) in [6.45, 7) is 0.698. The van der Waals surface area contributed by atoms with Crippen molar-refractivity contribution in [1.82, 2.24) is 4.98 Å². The number of benzene rings is 1. The van der Waals surface area contributed by atoms with Gasteiger partial charge < -0.3 is 11.1 Å². The van der Waals surface area contributed by atoms with Gasteiger partial charge in [-0.1, -0.05) is 0 Å². The maximum Gasteiger partial charge on any atom is 0.405 e. The summed E-state index contributed by atoms with van der Waals surface area (Å²) >= 11 is 0. The molecule has 0 radical (unpaired) electrons. The molecule has 0 saturated carbocycles. The number of anilines is 2. The van der Waals surface area contributed by atoms with Crippen molar-refractivity contribution in [2.24, 2.45) is 0 Å². The summed E-state index contributed by atoms with van der Waals surface area (Å²) in [5.41, 5.74) is 7.39. The van der Waals surface area contributed by atoms with Crippen LogP contribution in [0.3, 0.4) is 0 Å². The van der Waals surface area contributed by atoms with Gasteiger partial charge in [-0.2, -0.15) is 13.2 Å². The van der Waals surface area contributed by atoms with Crippen LogP contribution in [0.1, 0.15) is 5.69 Å². The van der Waals surface area contributed by atoms with Gasteiger partial charge in [0.05, 0.1) is 0 Å². The molecule has 18 heavy (non-hydrogen) atoms. The minimum atomic E-state index is -4.25. The summed E-state index contributed by atoms with van der Waals surface area (Å²) in [6, 6.07) is 4.82. The lowest BCUT2D eigenvalue weighted by Crippen LogP contribution is -2.21. The number of rotatable bonds is 2. The number of pyridine rings is 1. The highest BCUT2D eigenvalue weighted by molar-refractivity contribution is 6.00. The summed E-state index contributed by atoms with van der Waals surface area (Å²) in [4.78, 5) is 4.09. The van der Waals surface area contributed by atoms with Crippen LogP contribution in [0, 0.1) is 6.92 Å². The van der Waals surface area contributed by atoms with Gasteiger partial charge in [-0.25, -0.2) is 0 Å². The van der Waals surface area contributed by atoms with E-state index in [1.807, 2.05) is 0 Å². The lowest BCUT2D eigenvalue weighted by atomic mass is 10.1. The van der Waals surface area contributed by atoms with E-state index in [0.717, 1.165) is 5.69 Å². The van der Waals surface area contributed by atoms with Crippen molar-refractivity contribution < 1.29 is 13.2 Å². The summed E-state index contributed by atoms with van der Waals surface area (Å²) < 4.78 is 36.6. The third kappa shape index (κ3) is 2.64. The minimum absolute atomic E-state index is 0.405. The number of aromatic nitrogens is 1. The molecule has 1 aromatic carbocycles. The Morgan fingerprint density at radius 1 is 1.28 bits per heavy atom. The Morgan fingerprint density at radius 2 is 2.00 bits per heavy atom. The molecule has 0 unspecified atom stereocenters. The topological polar surface area (TPSA) is 50.9 Å². The largest absolute Gasteiger partial charge is 0.405 e. The van der Waals surface area contributed by atoms with Gasteiger partial charge >= 0.3 is 6.18 Å². The van der Waals surface area contributed by atoms with Crippen LogP contribution >= 0.6 is 0 Å². The van der Waals surface area contributed by atoms with Gasteiger partial charge in [0.15, 0.2) is 0 Å². The average Bonchev–Trinajstić information content (AvgIpc) is 2.27. The first-order chi connectivity index (χ1) is 8.37. The number of fused-ring (bicyclic) bond motifs is 1.